The molecule has 0 spiro atoms. The highest BCUT2D eigenvalue weighted by atomic mass is 16.5. The molecule has 0 fully saturated rings. The van der Waals surface area contributed by atoms with Gasteiger partial charge in [0.15, 0.2) is 0 Å². The van der Waals surface area contributed by atoms with Gasteiger partial charge in [0.05, 0.1) is 32.5 Å². The van der Waals surface area contributed by atoms with Crippen molar-refractivity contribution in [3.8, 4) is 11.5 Å². The topological polar surface area (TPSA) is 59.6 Å². The molecule has 0 atom stereocenters. The van der Waals surface area contributed by atoms with Gasteiger partial charge in [-0.05, 0) is 23.3 Å². The van der Waals surface area contributed by atoms with E-state index >= 15 is 0 Å². The van der Waals surface area contributed by atoms with Crippen molar-refractivity contribution in [2.45, 2.75) is 6.04 Å². The van der Waals surface area contributed by atoms with Crippen molar-refractivity contribution in [2.75, 3.05) is 26.1 Å². The van der Waals surface area contributed by atoms with Crippen molar-refractivity contribution in [1.29, 1.82) is 0 Å². The monoisotopic (exact) mass is 376 g/mol. The fraction of sp³-hybridized carbons (Fsp3) is 0.174. The van der Waals surface area contributed by atoms with Gasteiger partial charge in [0.25, 0.3) is 0 Å². The molecule has 5 heteroatoms. The third-order valence-electron chi connectivity index (χ3n) is 4.42. The first-order valence-electron chi connectivity index (χ1n) is 9.06. The first kappa shape index (κ1) is 19.3. The summed E-state index contributed by atoms with van der Waals surface area (Å²) in [5.41, 5.74) is 2.79. The third-order valence-corrected chi connectivity index (χ3v) is 4.42. The summed E-state index contributed by atoms with van der Waals surface area (Å²) >= 11 is 0. The molecule has 1 amide bonds. The minimum atomic E-state index is -0.213. The van der Waals surface area contributed by atoms with Gasteiger partial charge in [-0.2, -0.15) is 0 Å². The highest BCUT2D eigenvalue weighted by Gasteiger charge is 2.16. The van der Waals surface area contributed by atoms with Crippen LogP contribution in [-0.2, 0) is 4.79 Å². The fourth-order valence-corrected chi connectivity index (χ4v) is 2.98. The maximum absolute atomic E-state index is 12.7. The molecule has 0 bridgehead atoms. The Morgan fingerprint density at radius 1 is 0.857 bits per heavy atom. The minimum Gasteiger partial charge on any atom is -0.497 e. The maximum Gasteiger partial charge on any atom is 0.240 e. The Labute approximate surface area is 165 Å². The van der Waals surface area contributed by atoms with E-state index in [9.17, 15) is 4.79 Å². The number of carbonyl (C=O) groups excluding carboxylic acids is 1. The van der Waals surface area contributed by atoms with Gasteiger partial charge in [-0.15, -0.1) is 0 Å². The zero-order valence-corrected chi connectivity index (χ0v) is 16.0. The van der Waals surface area contributed by atoms with E-state index in [1.807, 2.05) is 72.8 Å². The van der Waals surface area contributed by atoms with Crippen LogP contribution < -0.4 is 20.1 Å². The number of hydrogen-bond acceptors (Lipinski definition) is 4. The lowest BCUT2D eigenvalue weighted by molar-refractivity contribution is -0.119. The van der Waals surface area contributed by atoms with E-state index in [0.717, 1.165) is 16.8 Å². The minimum absolute atomic E-state index is 0.115. The van der Waals surface area contributed by atoms with E-state index < -0.39 is 0 Å². The maximum atomic E-state index is 12.7. The molecule has 0 aliphatic heterocycles. The lowest BCUT2D eigenvalue weighted by Crippen LogP contribution is -2.34. The Morgan fingerprint density at radius 3 is 2.00 bits per heavy atom. The molecule has 0 aliphatic carbocycles. The Balaban J connectivity index is 1.71. The fourth-order valence-electron chi connectivity index (χ4n) is 2.98. The molecule has 0 aliphatic rings. The number of anilines is 1. The molecule has 3 aromatic rings. The summed E-state index contributed by atoms with van der Waals surface area (Å²) in [6, 6.07) is 25.1. The Hall–Kier alpha value is -3.47. The molecule has 5 nitrogen and oxygen atoms in total. The van der Waals surface area contributed by atoms with E-state index in [0.29, 0.717) is 11.5 Å². The number of nitrogens with one attached hydrogen (secondary N) is 2. The SMILES string of the molecule is COc1ccc(NCC(=O)NC(c2ccccc2)c2ccccc2)c(OC)c1. The largest absolute Gasteiger partial charge is 0.497 e. The van der Waals surface area contributed by atoms with Gasteiger partial charge in [0.2, 0.25) is 5.91 Å². The molecule has 3 rings (SSSR count). The van der Waals surface area contributed by atoms with Gasteiger partial charge in [-0.25, -0.2) is 0 Å². The zero-order valence-electron chi connectivity index (χ0n) is 16.0. The Morgan fingerprint density at radius 2 is 1.46 bits per heavy atom. The standard InChI is InChI=1S/C23H24N2O3/c1-27-19-13-14-20(21(15-19)28-2)24-16-22(26)25-23(17-9-5-3-6-10-17)18-11-7-4-8-12-18/h3-15,23-24H,16H2,1-2H3,(H,25,26). The van der Waals surface area contributed by atoms with E-state index in [1.54, 1.807) is 20.3 Å². The second-order valence-electron chi connectivity index (χ2n) is 6.24. The molecule has 144 valence electrons. The predicted molar refractivity (Wildman–Crippen MR) is 111 cm³/mol. The summed E-state index contributed by atoms with van der Waals surface area (Å²) in [5.74, 6) is 1.20. The third kappa shape index (κ3) is 4.82. The van der Waals surface area contributed by atoms with Gasteiger partial charge in [-0.3, -0.25) is 4.79 Å². The van der Waals surface area contributed by atoms with Crippen LogP contribution in [0, 0.1) is 0 Å². The molecule has 0 heterocycles. The first-order valence-corrected chi connectivity index (χ1v) is 9.06. The summed E-state index contributed by atoms with van der Waals surface area (Å²) in [6.07, 6.45) is 0. The molecular weight excluding hydrogens is 352 g/mol. The van der Waals surface area contributed by atoms with Crippen molar-refractivity contribution in [1.82, 2.24) is 5.32 Å². The zero-order chi connectivity index (χ0) is 19.8. The van der Waals surface area contributed by atoms with Crippen molar-refractivity contribution >= 4 is 11.6 Å². The van der Waals surface area contributed by atoms with Crippen LogP contribution >= 0.6 is 0 Å². The van der Waals surface area contributed by atoms with Crippen molar-refractivity contribution in [3.05, 3.63) is 90.0 Å². The van der Waals surface area contributed by atoms with Gasteiger partial charge >= 0.3 is 0 Å². The van der Waals surface area contributed by atoms with E-state index in [4.69, 9.17) is 9.47 Å². The van der Waals surface area contributed by atoms with Crippen molar-refractivity contribution < 1.29 is 14.3 Å². The van der Waals surface area contributed by atoms with Crippen LogP contribution in [0.4, 0.5) is 5.69 Å². The van der Waals surface area contributed by atoms with Crippen LogP contribution in [-0.4, -0.2) is 26.7 Å². The molecule has 28 heavy (non-hydrogen) atoms. The van der Waals surface area contributed by atoms with E-state index in [1.165, 1.54) is 0 Å². The Kier molecular flexibility index (Phi) is 6.52. The smallest absolute Gasteiger partial charge is 0.240 e. The lowest BCUT2D eigenvalue weighted by atomic mass is 9.99. The summed E-state index contributed by atoms with van der Waals surface area (Å²) in [7, 11) is 3.18. The highest BCUT2D eigenvalue weighted by molar-refractivity contribution is 5.82. The number of carbonyl (C=O) groups is 1. The van der Waals surface area contributed by atoms with Crippen molar-refractivity contribution in [2.24, 2.45) is 0 Å². The summed E-state index contributed by atoms with van der Waals surface area (Å²) in [4.78, 5) is 12.7. The van der Waals surface area contributed by atoms with Crippen LogP contribution in [0.2, 0.25) is 0 Å². The average molecular weight is 376 g/mol. The Bertz CT molecular complexity index is 859. The normalized spacial score (nSPS) is 10.4. The van der Waals surface area contributed by atoms with Crippen LogP contribution in [0.15, 0.2) is 78.9 Å². The number of methoxy groups -OCH3 is 2. The number of benzene rings is 3. The van der Waals surface area contributed by atoms with Crippen LogP contribution in [0.1, 0.15) is 17.2 Å². The molecule has 0 radical (unpaired) electrons. The van der Waals surface area contributed by atoms with Gasteiger partial charge in [0.1, 0.15) is 11.5 Å². The van der Waals surface area contributed by atoms with E-state index in [2.05, 4.69) is 10.6 Å². The van der Waals surface area contributed by atoms with Crippen molar-refractivity contribution in [3.63, 3.8) is 0 Å². The molecule has 0 saturated carbocycles. The molecule has 0 unspecified atom stereocenters. The number of ether oxygens (including phenoxy) is 2. The van der Waals surface area contributed by atoms with Gasteiger partial charge in [-0.1, -0.05) is 60.7 Å². The van der Waals surface area contributed by atoms with Gasteiger partial charge < -0.3 is 20.1 Å². The summed E-state index contributed by atoms with van der Waals surface area (Å²) in [6.45, 7) is 0.124. The second kappa shape index (κ2) is 9.46. The lowest BCUT2D eigenvalue weighted by Gasteiger charge is -2.20. The highest BCUT2D eigenvalue weighted by Crippen LogP contribution is 2.29. The van der Waals surface area contributed by atoms with E-state index in [-0.39, 0.29) is 18.5 Å². The molecule has 3 aromatic carbocycles. The van der Waals surface area contributed by atoms with Crippen LogP contribution in [0.5, 0.6) is 11.5 Å². The predicted octanol–water partition coefficient (Wildman–Crippen LogP) is 4.02. The summed E-state index contributed by atoms with van der Waals surface area (Å²) in [5, 5.41) is 6.24. The molecular formula is C23H24N2O3. The number of rotatable bonds is 8. The second-order valence-corrected chi connectivity index (χ2v) is 6.24. The average Bonchev–Trinajstić information content (AvgIpc) is 2.77. The number of amides is 1. The first-order chi connectivity index (χ1) is 13.7. The summed E-state index contributed by atoms with van der Waals surface area (Å²) < 4.78 is 10.6. The van der Waals surface area contributed by atoms with Crippen LogP contribution in [0.3, 0.4) is 0 Å². The quantitative estimate of drug-likeness (QED) is 0.623. The van der Waals surface area contributed by atoms with Crippen LogP contribution in [0.25, 0.3) is 0 Å². The van der Waals surface area contributed by atoms with Gasteiger partial charge in [0, 0.05) is 6.07 Å². The molecule has 0 aromatic heterocycles. The molecule has 0 saturated heterocycles. The number of hydrogen-bond donors (Lipinski definition) is 2. The molecule has 2 N–H and O–H groups in total.